The second-order valence-corrected chi connectivity index (χ2v) is 8.16. The molecule has 1 unspecified atom stereocenters. The van der Waals surface area contributed by atoms with E-state index in [4.69, 9.17) is 4.74 Å². The van der Waals surface area contributed by atoms with Crippen LogP contribution >= 0.6 is 0 Å². The number of anilines is 1. The molecule has 1 aliphatic rings. The van der Waals surface area contributed by atoms with Crippen LogP contribution in [0.1, 0.15) is 30.6 Å². The highest BCUT2D eigenvalue weighted by atomic mass is 32.2. The van der Waals surface area contributed by atoms with E-state index in [0.717, 1.165) is 0 Å². The smallest absolute Gasteiger partial charge is 0.340 e. The monoisotopic (exact) mass is 368 g/mol. The van der Waals surface area contributed by atoms with E-state index in [1.807, 2.05) is 11.8 Å². The molecule has 0 aromatic heterocycles. The Morgan fingerprint density at radius 3 is 2.60 bits per heavy atom. The minimum absolute atomic E-state index is 0.0772. The molecule has 2 rings (SSSR count). The van der Waals surface area contributed by atoms with Gasteiger partial charge in [-0.2, -0.15) is 0 Å². The van der Waals surface area contributed by atoms with Crippen molar-refractivity contribution in [1.82, 2.24) is 4.90 Å². The van der Waals surface area contributed by atoms with Gasteiger partial charge in [0.15, 0.2) is 9.84 Å². The maximum absolute atomic E-state index is 12.4. The van der Waals surface area contributed by atoms with Gasteiger partial charge >= 0.3 is 5.97 Å². The maximum Gasteiger partial charge on any atom is 0.340 e. The van der Waals surface area contributed by atoms with Crippen molar-refractivity contribution in [3.8, 4) is 0 Å². The summed E-state index contributed by atoms with van der Waals surface area (Å²) in [4.78, 5) is 26.2. The van der Waals surface area contributed by atoms with Crippen LogP contribution in [0.5, 0.6) is 0 Å². The van der Waals surface area contributed by atoms with E-state index in [1.54, 1.807) is 31.2 Å². The lowest BCUT2D eigenvalue weighted by atomic mass is 10.1. The summed E-state index contributed by atoms with van der Waals surface area (Å²) in [6, 6.07) is 6.51. The van der Waals surface area contributed by atoms with Crippen LogP contribution in [0.4, 0.5) is 5.69 Å². The van der Waals surface area contributed by atoms with Gasteiger partial charge in [-0.15, -0.1) is 0 Å². The molecule has 8 heteroatoms. The van der Waals surface area contributed by atoms with Crippen LogP contribution in [0.25, 0.3) is 0 Å². The van der Waals surface area contributed by atoms with Gasteiger partial charge in [0.25, 0.3) is 0 Å². The van der Waals surface area contributed by atoms with E-state index in [0.29, 0.717) is 24.2 Å². The molecule has 25 heavy (non-hydrogen) atoms. The molecule has 1 amide bonds. The summed E-state index contributed by atoms with van der Waals surface area (Å²) in [5.41, 5.74) is 0.685. The van der Waals surface area contributed by atoms with Gasteiger partial charge in [0.2, 0.25) is 5.91 Å². The van der Waals surface area contributed by atoms with Crippen LogP contribution in [0.2, 0.25) is 0 Å². The molecule has 0 radical (unpaired) electrons. The normalized spacial score (nSPS) is 18.9. The van der Waals surface area contributed by atoms with Crippen molar-refractivity contribution in [3.05, 3.63) is 29.8 Å². The Hall–Kier alpha value is -1.93. The predicted octanol–water partition coefficient (Wildman–Crippen LogP) is 1.31. The number of likely N-dealkylation sites (N-methyl/N-ethyl adjacent to an activating group) is 1. The van der Waals surface area contributed by atoms with Crippen LogP contribution in [0, 0.1) is 0 Å². The van der Waals surface area contributed by atoms with Crippen molar-refractivity contribution in [2.24, 2.45) is 0 Å². The van der Waals surface area contributed by atoms with Gasteiger partial charge < -0.3 is 10.1 Å². The Labute approximate surface area is 148 Å². The van der Waals surface area contributed by atoms with E-state index in [-0.39, 0.29) is 36.6 Å². The number of hydrogen-bond acceptors (Lipinski definition) is 6. The molecular weight excluding hydrogens is 344 g/mol. The van der Waals surface area contributed by atoms with E-state index < -0.39 is 15.8 Å². The molecule has 1 heterocycles. The molecule has 1 aliphatic heterocycles. The van der Waals surface area contributed by atoms with E-state index in [1.165, 1.54) is 0 Å². The third kappa shape index (κ3) is 5.27. The zero-order valence-electron chi connectivity index (χ0n) is 14.5. The first-order valence-corrected chi connectivity index (χ1v) is 10.2. The van der Waals surface area contributed by atoms with Gasteiger partial charge in [0.1, 0.15) is 0 Å². The van der Waals surface area contributed by atoms with Crippen molar-refractivity contribution >= 4 is 27.4 Å². The average Bonchev–Trinajstić information content (AvgIpc) is 2.93. The SMILES string of the molecule is CCOC(=O)c1ccccc1NC(=O)CN(CC)C1CCS(=O)(=O)C1. The van der Waals surface area contributed by atoms with Crippen LogP contribution in [0.15, 0.2) is 24.3 Å². The number of hydrogen-bond donors (Lipinski definition) is 1. The highest BCUT2D eigenvalue weighted by molar-refractivity contribution is 7.91. The van der Waals surface area contributed by atoms with Gasteiger partial charge in [-0.1, -0.05) is 19.1 Å². The zero-order chi connectivity index (χ0) is 18.4. The summed E-state index contributed by atoms with van der Waals surface area (Å²) in [5, 5.41) is 2.73. The van der Waals surface area contributed by atoms with E-state index in [2.05, 4.69) is 5.32 Å². The first kappa shape index (κ1) is 19.4. The molecule has 1 N–H and O–H groups in total. The fourth-order valence-corrected chi connectivity index (χ4v) is 4.68. The first-order chi connectivity index (χ1) is 11.9. The largest absolute Gasteiger partial charge is 0.462 e. The molecule has 1 fully saturated rings. The number of nitrogens with one attached hydrogen (secondary N) is 1. The maximum atomic E-state index is 12.4. The summed E-state index contributed by atoms with van der Waals surface area (Å²) in [6.45, 7) is 4.51. The predicted molar refractivity (Wildman–Crippen MR) is 95.3 cm³/mol. The quantitative estimate of drug-likeness (QED) is 0.730. The minimum atomic E-state index is -3.00. The highest BCUT2D eigenvalue weighted by Crippen LogP contribution is 2.19. The standard InChI is InChI=1S/C17H24N2O5S/c1-3-19(13-9-10-25(22,23)12-13)11-16(20)18-15-8-6-5-7-14(15)17(21)24-4-2/h5-8,13H,3-4,9-12H2,1-2H3,(H,18,20). The number of rotatable bonds is 7. The molecule has 1 atom stereocenters. The van der Waals surface area contributed by atoms with Crippen molar-refractivity contribution < 1.29 is 22.7 Å². The molecule has 1 saturated heterocycles. The summed E-state index contributed by atoms with van der Waals surface area (Å²) in [5.74, 6) is -0.523. The molecule has 138 valence electrons. The number of nitrogens with zero attached hydrogens (tertiary/aromatic N) is 1. The molecule has 1 aromatic rings. The lowest BCUT2D eigenvalue weighted by Gasteiger charge is -2.25. The second kappa shape index (κ2) is 8.44. The van der Waals surface area contributed by atoms with Crippen LogP contribution in [-0.4, -0.2) is 62.4 Å². The van der Waals surface area contributed by atoms with Crippen molar-refractivity contribution in [2.45, 2.75) is 26.3 Å². The number of benzene rings is 1. The third-order valence-electron chi connectivity index (χ3n) is 4.17. The number of carbonyl (C=O) groups is 2. The number of ether oxygens (including phenoxy) is 1. The Balaban J connectivity index is 2.03. The van der Waals surface area contributed by atoms with Gasteiger partial charge in [-0.05, 0) is 32.0 Å². The van der Waals surface area contributed by atoms with Gasteiger partial charge in [-0.3, -0.25) is 9.69 Å². The molecule has 0 bridgehead atoms. The molecular formula is C17H24N2O5S. The number of esters is 1. The first-order valence-electron chi connectivity index (χ1n) is 8.36. The van der Waals surface area contributed by atoms with Gasteiger partial charge in [-0.25, -0.2) is 13.2 Å². The van der Waals surface area contributed by atoms with E-state index in [9.17, 15) is 18.0 Å². The minimum Gasteiger partial charge on any atom is -0.462 e. The molecule has 0 spiro atoms. The topological polar surface area (TPSA) is 92.8 Å². The third-order valence-corrected chi connectivity index (χ3v) is 5.92. The number of para-hydroxylation sites is 1. The molecule has 0 saturated carbocycles. The summed E-state index contributed by atoms with van der Waals surface area (Å²) in [6.07, 6.45) is 0.545. The lowest BCUT2D eigenvalue weighted by molar-refractivity contribution is -0.117. The molecule has 1 aromatic carbocycles. The fraction of sp³-hybridized carbons (Fsp3) is 0.529. The van der Waals surface area contributed by atoms with Crippen LogP contribution in [0.3, 0.4) is 0 Å². The second-order valence-electron chi connectivity index (χ2n) is 5.93. The summed E-state index contributed by atoms with van der Waals surface area (Å²) < 4.78 is 28.3. The molecule has 7 nitrogen and oxygen atoms in total. The average molecular weight is 368 g/mol. The Kier molecular flexibility index (Phi) is 6.55. The number of carbonyl (C=O) groups excluding carboxylic acids is 2. The number of sulfone groups is 1. The zero-order valence-corrected chi connectivity index (χ0v) is 15.3. The highest BCUT2D eigenvalue weighted by Gasteiger charge is 2.32. The van der Waals surface area contributed by atoms with Gasteiger partial charge in [0.05, 0.1) is 35.9 Å². The Morgan fingerprint density at radius 1 is 1.28 bits per heavy atom. The summed E-state index contributed by atoms with van der Waals surface area (Å²) >= 11 is 0. The van der Waals surface area contributed by atoms with Crippen LogP contribution in [-0.2, 0) is 19.4 Å². The van der Waals surface area contributed by atoms with Crippen LogP contribution < -0.4 is 5.32 Å². The summed E-state index contributed by atoms with van der Waals surface area (Å²) in [7, 11) is -3.00. The van der Waals surface area contributed by atoms with Crippen molar-refractivity contribution in [3.63, 3.8) is 0 Å². The lowest BCUT2D eigenvalue weighted by Crippen LogP contribution is -2.41. The van der Waals surface area contributed by atoms with Crippen molar-refractivity contribution in [2.75, 3.05) is 36.5 Å². The van der Waals surface area contributed by atoms with E-state index >= 15 is 0 Å². The molecule has 0 aliphatic carbocycles. The Bertz CT molecular complexity index is 732. The van der Waals surface area contributed by atoms with Crippen molar-refractivity contribution in [1.29, 1.82) is 0 Å². The van der Waals surface area contributed by atoms with Gasteiger partial charge in [0, 0.05) is 6.04 Å². The number of amides is 1. The fourth-order valence-electron chi connectivity index (χ4n) is 2.92. The Morgan fingerprint density at radius 2 is 2.00 bits per heavy atom.